The van der Waals surface area contributed by atoms with Crippen molar-refractivity contribution in [1.82, 2.24) is 14.8 Å². The van der Waals surface area contributed by atoms with Gasteiger partial charge in [0.2, 0.25) is 10.0 Å². The summed E-state index contributed by atoms with van der Waals surface area (Å²) in [6.45, 7) is 13.4. The van der Waals surface area contributed by atoms with Gasteiger partial charge in [0.25, 0.3) is 0 Å². The first-order valence-corrected chi connectivity index (χ1v) is 27.5. The summed E-state index contributed by atoms with van der Waals surface area (Å²) in [5.74, 6) is -1.91. The Balaban J connectivity index is 1.82. The van der Waals surface area contributed by atoms with Crippen molar-refractivity contribution in [2.45, 2.75) is 77.2 Å². The second-order valence-electron chi connectivity index (χ2n) is 15.4. The van der Waals surface area contributed by atoms with Crippen LogP contribution in [0.1, 0.15) is 11.1 Å². The van der Waals surface area contributed by atoms with Crippen LogP contribution in [-0.4, -0.2) is 78.8 Å². The zero-order chi connectivity index (χ0) is 40.2. The number of rotatable bonds is 18. The first-order chi connectivity index (χ1) is 24.9. The largest absolute Gasteiger partial charge is 0.464 e. The van der Waals surface area contributed by atoms with Crippen molar-refractivity contribution in [3.63, 3.8) is 0 Å². The molecule has 2 aromatic carbocycles. The van der Waals surface area contributed by atoms with Crippen LogP contribution in [0.25, 0.3) is 22.2 Å². The Labute approximate surface area is 329 Å². The molecule has 19 heteroatoms. The number of hydrogen-bond acceptors (Lipinski definition) is 8. The summed E-state index contributed by atoms with van der Waals surface area (Å²) in [5.41, 5.74) is 0.0252. The van der Waals surface area contributed by atoms with Gasteiger partial charge in [-0.1, -0.05) is 45.3 Å². The lowest BCUT2D eigenvalue weighted by molar-refractivity contribution is -0.127. The van der Waals surface area contributed by atoms with Crippen LogP contribution in [0.4, 0.5) is 33.5 Å². The highest BCUT2D eigenvalue weighted by Crippen LogP contribution is 2.38. The standard InChI is InChI=1S/C35H47F5IN5O5SSi2/c1-45(52(2,47)48)29-11-9-10-26(36)25(29)20-42-34-32-30(46(44-33(32)41)21-49-12-14-53(3,4)5)18-28(43-34)24-17-27(37)31(16-23(24)19-35(38,39)40)51-22-50-13-15-54(6,7)8/h9-11,16-18H,12-15,19-22H2,1-8H3,(H,42,43). The van der Waals surface area contributed by atoms with Gasteiger partial charge in [0.1, 0.15) is 22.1 Å². The van der Waals surface area contributed by atoms with Crippen LogP contribution in [0.15, 0.2) is 36.4 Å². The number of pyridine rings is 1. The summed E-state index contributed by atoms with van der Waals surface area (Å²) in [4.78, 5) is 4.66. The van der Waals surface area contributed by atoms with Gasteiger partial charge in [-0.15, -0.1) is 0 Å². The van der Waals surface area contributed by atoms with E-state index in [-0.39, 0.29) is 54.0 Å². The van der Waals surface area contributed by atoms with E-state index in [0.717, 1.165) is 34.8 Å². The maximum Gasteiger partial charge on any atom is 0.393 e. The maximum absolute atomic E-state index is 15.6. The fourth-order valence-electron chi connectivity index (χ4n) is 5.26. The van der Waals surface area contributed by atoms with Gasteiger partial charge >= 0.3 is 6.18 Å². The van der Waals surface area contributed by atoms with E-state index in [9.17, 15) is 21.6 Å². The topological polar surface area (TPSA) is 108 Å². The van der Waals surface area contributed by atoms with Crippen molar-refractivity contribution in [2.75, 3.05) is 42.9 Å². The third-order valence-electron chi connectivity index (χ3n) is 8.38. The number of fused-ring (bicyclic) bond motifs is 1. The summed E-state index contributed by atoms with van der Waals surface area (Å²) in [6.07, 6.45) is -5.09. The minimum atomic E-state index is -4.67. The summed E-state index contributed by atoms with van der Waals surface area (Å²) >= 11 is 1.99. The molecule has 0 unspecified atom stereocenters. The molecule has 0 bridgehead atoms. The average molecular weight is 928 g/mol. The van der Waals surface area contributed by atoms with Crippen molar-refractivity contribution in [3.8, 4) is 17.0 Å². The number of nitrogens with one attached hydrogen (secondary N) is 1. The SMILES string of the molecule is CN(c1cccc(F)c1CNc1nc(-c2cc(F)c(OCOCC[Si](C)(C)C)cc2CC(F)(F)F)cc2c1c(I)nn2COCC[Si](C)(C)C)S(C)(=O)=O. The molecular formula is C35H47F5IN5O5SSi2. The molecule has 0 aliphatic rings. The molecule has 0 spiro atoms. The lowest BCUT2D eigenvalue weighted by atomic mass is 9.99. The highest BCUT2D eigenvalue weighted by Gasteiger charge is 2.31. The summed E-state index contributed by atoms with van der Waals surface area (Å²) in [6, 6.07) is 9.19. The van der Waals surface area contributed by atoms with Gasteiger partial charge in [0.15, 0.2) is 18.4 Å². The van der Waals surface area contributed by atoms with Gasteiger partial charge in [-0.05, 0) is 70.6 Å². The quantitative estimate of drug-likeness (QED) is 0.0347. The van der Waals surface area contributed by atoms with Gasteiger partial charge < -0.3 is 19.5 Å². The minimum absolute atomic E-state index is 0.000211. The zero-order valence-electron chi connectivity index (χ0n) is 31.6. The van der Waals surface area contributed by atoms with E-state index in [4.69, 9.17) is 14.2 Å². The van der Waals surface area contributed by atoms with Crippen molar-refractivity contribution < 1.29 is 44.6 Å². The Morgan fingerprint density at radius 1 is 0.963 bits per heavy atom. The third-order valence-corrected chi connectivity index (χ3v) is 13.7. The fraction of sp³-hybridized carbons (Fsp3) is 0.486. The predicted molar refractivity (Wildman–Crippen MR) is 216 cm³/mol. The first-order valence-electron chi connectivity index (χ1n) is 17.1. The smallest absolute Gasteiger partial charge is 0.393 e. The number of halogens is 6. The van der Waals surface area contributed by atoms with Crippen molar-refractivity contribution in [3.05, 3.63) is 62.9 Å². The molecule has 0 saturated heterocycles. The Hall–Kier alpha value is -2.86. The Kier molecular flexibility index (Phi) is 14.2. The normalized spacial score (nSPS) is 12.8. The van der Waals surface area contributed by atoms with Gasteiger partial charge in [0, 0.05) is 54.1 Å². The monoisotopic (exact) mass is 927 g/mol. The fourth-order valence-corrected chi connectivity index (χ4v) is 8.09. The van der Waals surface area contributed by atoms with Gasteiger partial charge in [-0.25, -0.2) is 26.9 Å². The summed E-state index contributed by atoms with van der Waals surface area (Å²) in [7, 11) is -5.32. The van der Waals surface area contributed by atoms with E-state index in [1.807, 2.05) is 22.6 Å². The van der Waals surface area contributed by atoms with Crippen molar-refractivity contribution in [2.24, 2.45) is 0 Å². The molecule has 0 aliphatic heterocycles. The van der Waals surface area contributed by atoms with Gasteiger partial charge in [-0.3, -0.25) is 4.31 Å². The molecule has 0 amide bonds. The van der Waals surface area contributed by atoms with Crippen LogP contribution in [0.5, 0.6) is 5.75 Å². The number of alkyl halides is 3. The molecule has 10 nitrogen and oxygen atoms in total. The van der Waals surface area contributed by atoms with Gasteiger partial charge in [0.05, 0.1) is 35.0 Å². The maximum atomic E-state index is 15.6. The lowest BCUT2D eigenvalue weighted by Crippen LogP contribution is -2.26. The molecule has 4 aromatic rings. The number of benzene rings is 2. The number of nitrogens with zero attached hydrogens (tertiary/aromatic N) is 4. The van der Waals surface area contributed by atoms with E-state index in [2.05, 4.69) is 54.7 Å². The van der Waals surface area contributed by atoms with Crippen LogP contribution < -0.4 is 14.4 Å². The summed E-state index contributed by atoms with van der Waals surface area (Å²) < 4.78 is 118. The highest BCUT2D eigenvalue weighted by molar-refractivity contribution is 14.1. The summed E-state index contributed by atoms with van der Waals surface area (Å²) in [5, 5.41) is 8.13. The zero-order valence-corrected chi connectivity index (χ0v) is 36.6. The van der Waals surface area contributed by atoms with Crippen LogP contribution >= 0.6 is 22.6 Å². The number of ether oxygens (including phenoxy) is 3. The van der Waals surface area contributed by atoms with Crippen molar-refractivity contribution in [1.29, 1.82) is 0 Å². The second-order valence-corrected chi connectivity index (χ2v) is 29.7. The molecule has 2 aromatic heterocycles. The molecule has 0 radical (unpaired) electrons. The number of anilines is 2. The highest BCUT2D eigenvalue weighted by atomic mass is 127. The molecule has 2 heterocycles. The number of aromatic nitrogens is 3. The third kappa shape index (κ3) is 12.3. The molecule has 0 aliphatic carbocycles. The van der Waals surface area contributed by atoms with Crippen LogP contribution in [0, 0.1) is 15.3 Å². The molecule has 0 fully saturated rings. The number of hydrogen-bond donors (Lipinski definition) is 1. The molecule has 4 rings (SSSR count). The average Bonchev–Trinajstić information content (AvgIpc) is 3.35. The van der Waals surface area contributed by atoms with E-state index in [1.165, 1.54) is 31.3 Å². The Morgan fingerprint density at radius 3 is 2.22 bits per heavy atom. The van der Waals surface area contributed by atoms with Crippen LogP contribution in [-0.2, 0) is 39.2 Å². The van der Waals surface area contributed by atoms with Crippen molar-refractivity contribution >= 4 is 71.2 Å². The minimum Gasteiger partial charge on any atom is -0.464 e. The molecule has 298 valence electrons. The Bertz CT molecular complexity index is 2060. The lowest BCUT2D eigenvalue weighted by Gasteiger charge is -2.21. The molecule has 54 heavy (non-hydrogen) atoms. The van der Waals surface area contributed by atoms with E-state index in [1.54, 1.807) is 4.68 Å². The number of sulfonamides is 1. The van der Waals surface area contributed by atoms with Crippen LogP contribution in [0.2, 0.25) is 51.4 Å². The molecular weight excluding hydrogens is 881 g/mol. The van der Waals surface area contributed by atoms with Gasteiger partial charge in [-0.2, -0.15) is 18.3 Å². The predicted octanol–water partition coefficient (Wildman–Crippen LogP) is 9.10. The molecule has 0 saturated carbocycles. The van der Waals surface area contributed by atoms with E-state index in [0.29, 0.717) is 27.8 Å². The Morgan fingerprint density at radius 2 is 1.61 bits per heavy atom. The molecule has 0 atom stereocenters. The first kappa shape index (κ1) is 43.9. The van der Waals surface area contributed by atoms with E-state index >= 15 is 8.78 Å². The second kappa shape index (κ2) is 17.5. The van der Waals surface area contributed by atoms with Crippen LogP contribution in [0.3, 0.4) is 0 Å². The molecule has 1 N–H and O–H groups in total. The van der Waals surface area contributed by atoms with E-state index < -0.39 is 56.2 Å².